The molecule has 9 heteroatoms. The van der Waals surface area contributed by atoms with E-state index in [9.17, 15) is 18.0 Å². The van der Waals surface area contributed by atoms with Gasteiger partial charge in [0.05, 0.1) is 16.8 Å². The molecule has 0 spiro atoms. The SMILES string of the molecule is CCOC(=O)c1cn2c(n1)sc1cc(OC(F)(F)F)ccc12. The molecule has 0 bridgehead atoms. The lowest BCUT2D eigenvalue weighted by molar-refractivity contribution is -0.274. The van der Waals surface area contributed by atoms with E-state index in [0.29, 0.717) is 15.2 Å². The van der Waals surface area contributed by atoms with E-state index in [1.165, 1.54) is 24.4 Å². The maximum Gasteiger partial charge on any atom is 0.573 e. The van der Waals surface area contributed by atoms with E-state index in [1.807, 2.05) is 0 Å². The van der Waals surface area contributed by atoms with E-state index in [0.717, 1.165) is 11.3 Å². The Hall–Kier alpha value is -2.29. The first-order valence-electron chi connectivity index (χ1n) is 6.22. The molecule has 0 fully saturated rings. The fourth-order valence-electron chi connectivity index (χ4n) is 1.98. The largest absolute Gasteiger partial charge is 0.573 e. The number of thiazole rings is 1. The van der Waals surface area contributed by atoms with Crippen molar-refractivity contribution in [3.63, 3.8) is 0 Å². The number of hydrogen-bond acceptors (Lipinski definition) is 5. The number of nitrogens with zero attached hydrogens (tertiary/aromatic N) is 2. The molecule has 22 heavy (non-hydrogen) atoms. The van der Waals surface area contributed by atoms with E-state index >= 15 is 0 Å². The van der Waals surface area contributed by atoms with Crippen molar-refractivity contribution in [1.29, 1.82) is 0 Å². The summed E-state index contributed by atoms with van der Waals surface area (Å²) in [7, 11) is 0. The summed E-state index contributed by atoms with van der Waals surface area (Å²) in [4.78, 5) is 16.2. The molecule has 0 N–H and O–H groups in total. The van der Waals surface area contributed by atoms with E-state index in [1.54, 1.807) is 11.3 Å². The Kier molecular flexibility index (Phi) is 3.44. The maximum absolute atomic E-state index is 12.2. The number of aromatic nitrogens is 2. The standard InChI is InChI=1S/C13H9F3N2O3S/c1-2-20-11(19)8-6-18-9-4-3-7(21-13(14,15)16)5-10(9)22-12(18)17-8/h3-6H,2H2,1H3. The van der Waals surface area contributed by atoms with Gasteiger partial charge in [0.2, 0.25) is 0 Å². The van der Waals surface area contributed by atoms with Gasteiger partial charge in [-0.2, -0.15) is 0 Å². The Balaban J connectivity index is 2.01. The molecule has 1 aromatic carbocycles. The van der Waals surface area contributed by atoms with Crippen LogP contribution in [0.25, 0.3) is 15.2 Å². The highest BCUT2D eigenvalue weighted by Gasteiger charge is 2.31. The van der Waals surface area contributed by atoms with E-state index in [4.69, 9.17) is 4.74 Å². The maximum atomic E-state index is 12.2. The number of rotatable bonds is 3. The van der Waals surface area contributed by atoms with Gasteiger partial charge in [-0.25, -0.2) is 9.78 Å². The number of carbonyl (C=O) groups is 1. The van der Waals surface area contributed by atoms with Gasteiger partial charge in [0, 0.05) is 6.20 Å². The molecule has 0 aliphatic carbocycles. The zero-order valence-electron chi connectivity index (χ0n) is 11.2. The number of halogens is 3. The van der Waals surface area contributed by atoms with Crippen LogP contribution in [0.1, 0.15) is 17.4 Å². The zero-order chi connectivity index (χ0) is 15.9. The van der Waals surface area contributed by atoms with Crippen molar-refractivity contribution >= 4 is 32.5 Å². The predicted octanol–water partition coefficient (Wildman–Crippen LogP) is 3.62. The van der Waals surface area contributed by atoms with Gasteiger partial charge >= 0.3 is 12.3 Å². The lowest BCUT2D eigenvalue weighted by atomic mass is 10.3. The van der Waals surface area contributed by atoms with Crippen LogP contribution in [0.5, 0.6) is 5.75 Å². The third kappa shape index (κ3) is 2.71. The molecule has 3 aromatic rings. The molecule has 0 radical (unpaired) electrons. The highest BCUT2D eigenvalue weighted by molar-refractivity contribution is 7.23. The van der Waals surface area contributed by atoms with Crippen molar-refractivity contribution in [1.82, 2.24) is 9.38 Å². The number of alkyl halides is 3. The monoisotopic (exact) mass is 330 g/mol. The van der Waals surface area contributed by atoms with Gasteiger partial charge in [-0.05, 0) is 25.1 Å². The van der Waals surface area contributed by atoms with Gasteiger partial charge in [-0.3, -0.25) is 4.40 Å². The molecule has 0 saturated heterocycles. The minimum atomic E-state index is -4.73. The number of imidazole rings is 1. The van der Waals surface area contributed by atoms with Crippen LogP contribution in [-0.2, 0) is 4.74 Å². The first kappa shape index (κ1) is 14.6. The molecular formula is C13H9F3N2O3S. The fourth-order valence-corrected chi connectivity index (χ4v) is 3.02. The zero-order valence-corrected chi connectivity index (χ0v) is 12.0. The van der Waals surface area contributed by atoms with Crippen LogP contribution in [0, 0.1) is 0 Å². The van der Waals surface area contributed by atoms with E-state index < -0.39 is 12.3 Å². The Morgan fingerprint density at radius 1 is 1.41 bits per heavy atom. The van der Waals surface area contributed by atoms with Crippen molar-refractivity contribution in [3.05, 3.63) is 30.1 Å². The number of benzene rings is 1. The van der Waals surface area contributed by atoms with Crippen molar-refractivity contribution in [2.45, 2.75) is 13.3 Å². The first-order chi connectivity index (χ1) is 10.4. The average Bonchev–Trinajstić information content (AvgIpc) is 2.93. The van der Waals surface area contributed by atoms with Crippen LogP contribution in [0.15, 0.2) is 24.4 Å². The second-order valence-corrected chi connectivity index (χ2v) is 5.29. The fraction of sp³-hybridized carbons (Fsp3) is 0.231. The summed E-state index contributed by atoms with van der Waals surface area (Å²) in [6.45, 7) is 1.93. The third-order valence-corrected chi connectivity index (χ3v) is 3.80. The van der Waals surface area contributed by atoms with Crippen molar-refractivity contribution in [2.24, 2.45) is 0 Å². The van der Waals surface area contributed by atoms with E-state index in [2.05, 4.69) is 9.72 Å². The number of fused-ring (bicyclic) bond motifs is 3. The van der Waals surface area contributed by atoms with Crippen molar-refractivity contribution < 1.29 is 27.4 Å². The quantitative estimate of drug-likeness (QED) is 0.688. The molecule has 0 aliphatic heterocycles. The summed E-state index contributed by atoms with van der Waals surface area (Å²) in [5.41, 5.74) is 0.795. The van der Waals surface area contributed by atoms with Gasteiger partial charge in [-0.15, -0.1) is 13.2 Å². The summed E-state index contributed by atoms with van der Waals surface area (Å²) < 4.78 is 47.6. The molecule has 116 valence electrons. The summed E-state index contributed by atoms with van der Waals surface area (Å²) in [6.07, 6.45) is -3.24. The normalized spacial score (nSPS) is 12.0. The molecule has 3 rings (SSSR count). The topological polar surface area (TPSA) is 52.8 Å². The second kappa shape index (κ2) is 5.16. The molecule has 2 heterocycles. The van der Waals surface area contributed by atoms with Gasteiger partial charge in [0.25, 0.3) is 0 Å². The Labute approximate surface area is 125 Å². The van der Waals surface area contributed by atoms with Gasteiger partial charge in [0.1, 0.15) is 5.75 Å². The van der Waals surface area contributed by atoms with Crippen LogP contribution >= 0.6 is 11.3 Å². The smallest absolute Gasteiger partial charge is 0.461 e. The lowest BCUT2D eigenvalue weighted by Gasteiger charge is -2.08. The second-order valence-electron chi connectivity index (χ2n) is 4.28. The minimum Gasteiger partial charge on any atom is -0.461 e. The molecule has 5 nitrogen and oxygen atoms in total. The van der Waals surface area contributed by atoms with Crippen LogP contribution in [-0.4, -0.2) is 28.3 Å². The number of esters is 1. The minimum absolute atomic E-state index is 0.158. The number of hydrogen-bond donors (Lipinski definition) is 0. The highest BCUT2D eigenvalue weighted by atomic mass is 32.1. The summed E-state index contributed by atoms with van der Waals surface area (Å²) >= 11 is 1.15. The van der Waals surface area contributed by atoms with Gasteiger partial charge in [0.15, 0.2) is 10.7 Å². The Morgan fingerprint density at radius 2 is 2.18 bits per heavy atom. The molecular weight excluding hydrogens is 321 g/mol. The molecule has 2 aromatic heterocycles. The number of ether oxygens (including phenoxy) is 2. The van der Waals surface area contributed by atoms with E-state index in [-0.39, 0.29) is 18.1 Å². The summed E-state index contributed by atoms with van der Waals surface area (Å²) in [6, 6.07) is 3.98. The van der Waals surface area contributed by atoms with Gasteiger partial charge in [-0.1, -0.05) is 11.3 Å². The average molecular weight is 330 g/mol. The Morgan fingerprint density at radius 3 is 2.86 bits per heavy atom. The molecule has 0 amide bonds. The summed E-state index contributed by atoms with van der Waals surface area (Å²) in [5, 5.41) is 0. The first-order valence-corrected chi connectivity index (χ1v) is 7.03. The van der Waals surface area contributed by atoms with Crippen LogP contribution in [0.3, 0.4) is 0 Å². The molecule has 0 aliphatic rings. The van der Waals surface area contributed by atoms with Crippen LogP contribution in [0.2, 0.25) is 0 Å². The van der Waals surface area contributed by atoms with Gasteiger partial charge < -0.3 is 9.47 Å². The molecule has 0 unspecified atom stereocenters. The van der Waals surface area contributed by atoms with Crippen LogP contribution < -0.4 is 4.74 Å². The Bertz CT molecular complexity index is 853. The van der Waals surface area contributed by atoms with Crippen LogP contribution in [0.4, 0.5) is 13.2 Å². The molecule has 0 saturated carbocycles. The number of carbonyl (C=O) groups excluding carboxylic acids is 1. The predicted molar refractivity (Wildman–Crippen MR) is 73.2 cm³/mol. The summed E-state index contributed by atoms with van der Waals surface area (Å²) in [5.74, 6) is -0.835. The lowest BCUT2D eigenvalue weighted by Crippen LogP contribution is -2.16. The van der Waals surface area contributed by atoms with Crippen molar-refractivity contribution in [2.75, 3.05) is 6.61 Å². The molecule has 0 atom stereocenters. The third-order valence-electron chi connectivity index (χ3n) is 2.78. The van der Waals surface area contributed by atoms with Crippen molar-refractivity contribution in [3.8, 4) is 5.75 Å². The highest BCUT2D eigenvalue weighted by Crippen LogP contribution is 2.31.